The largest absolute Gasteiger partial charge is 0.478 e. The number of carbonyl (C=O) groups is 2. The fourth-order valence-electron chi connectivity index (χ4n) is 2.80. The van der Waals surface area contributed by atoms with Crippen LogP contribution in [-0.4, -0.2) is 61.0 Å². The van der Waals surface area contributed by atoms with E-state index in [9.17, 15) is 14.7 Å². The predicted octanol–water partition coefficient (Wildman–Crippen LogP) is 2.38. The molecule has 1 aromatic heterocycles. The number of hydrogen-bond acceptors (Lipinski definition) is 6. The van der Waals surface area contributed by atoms with Crippen LogP contribution < -0.4 is 0 Å². The maximum atomic E-state index is 12.2. The number of aromatic nitrogens is 4. The Labute approximate surface area is 156 Å². The second-order valence-corrected chi connectivity index (χ2v) is 7.20. The molecule has 0 unspecified atom stereocenters. The summed E-state index contributed by atoms with van der Waals surface area (Å²) in [4.78, 5) is 25.4. The lowest BCUT2D eigenvalue weighted by Crippen LogP contribution is -2.39. The summed E-state index contributed by atoms with van der Waals surface area (Å²) in [5.74, 6) is -1.06. The smallest absolute Gasteiger partial charge is 0.410 e. The average Bonchev–Trinajstić information content (AvgIpc) is 3.14. The van der Waals surface area contributed by atoms with Crippen LogP contribution in [0.25, 0.3) is 11.3 Å². The van der Waals surface area contributed by atoms with Crippen molar-refractivity contribution in [1.29, 1.82) is 0 Å². The van der Waals surface area contributed by atoms with Crippen molar-refractivity contribution in [2.24, 2.45) is 0 Å². The van der Waals surface area contributed by atoms with E-state index >= 15 is 0 Å². The van der Waals surface area contributed by atoms with Gasteiger partial charge in [0, 0.05) is 13.1 Å². The van der Waals surface area contributed by atoms with E-state index in [-0.39, 0.29) is 11.7 Å². The lowest BCUT2D eigenvalue weighted by molar-refractivity contribution is 0.0270. The molecule has 1 aliphatic rings. The monoisotopic (exact) mass is 371 g/mol. The summed E-state index contributed by atoms with van der Waals surface area (Å²) in [6, 6.07) is 5.11. The van der Waals surface area contributed by atoms with Crippen molar-refractivity contribution in [1.82, 2.24) is 25.1 Å². The minimum Gasteiger partial charge on any atom is -0.478 e. The normalized spacial score (nSPS) is 14.6. The molecule has 9 nitrogen and oxygen atoms in total. The third-order valence-corrected chi connectivity index (χ3v) is 4.05. The van der Waals surface area contributed by atoms with Gasteiger partial charge >= 0.3 is 12.1 Å². The average molecular weight is 371 g/mol. The summed E-state index contributed by atoms with van der Waals surface area (Å²) < 4.78 is 6.70. The number of nitrogens with zero attached hydrogens (tertiary/aromatic N) is 5. The maximum absolute atomic E-state index is 12.2. The van der Waals surface area contributed by atoms with Crippen molar-refractivity contribution in [2.75, 3.05) is 13.1 Å². The molecular formula is C18H21N5O4. The van der Waals surface area contributed by atoms with Crippen LogP contribution in [-0.2, 0) is 4.74 Å². The van der Waals surface area contributed by atoms with Crippen LogP contribution in [0.4, 0.5) is 4.79 Å². The topological polar surface area (TPSA) is 110 Å². The number of tetrazole rings is 1. The Balaban J connectivity index is 1.80. The Bertz CT molecular complexity index is 884. The van der Waals surface area contributed by atoms with Gasteiger partial charge in [-0.15, -0.1) is 5.10 Å². The number of amides is 1. The molecule has 1 aromatic carbocycles. The van der Waals surface area contributed by atoms with E-state index in [0.29, 0.717) is 25.2 Å². The van der Waals surface area contributed by atoms with E-state index in [1.54, 1.807) is 17.0 Å². The highest BCUT2D eigenvalue weighted by Gasteiger charge is 2.24. The Hall–Kier alpha value is -3.23. The van der Waals surface area contributed by atoms with Gasteiger partial charge in [0.25, 0.3) is 0 Å². The molecule has 1 amide bonds. The van der Waals surface area contributed by atoms with Crippen molar-refractivity contribution >= 4 is 17.6 Å². The first kappa shape index (κ1) is 18.6. The van der Waals surface area contributed by atoms with Gasteiger partial charge in [0.1, 0.15) is 11.9 Å². The molecule has 0 atom stereocenters. The quantitative estimate of drug-likeness (QED) is 0.882. The highest BCUT2D eigenvalue weighted by Crippen LogP contribution is 2.26. The number of hydrogen-bond donors (Lipinski definition) is 1. The van der Waals surface area contributed by atoms with E-state index in [2.05, 4.69) is 15.5 Å². The number of carboxylic acids is 1. The molecule has 1 N–H and O–H groups in total. The predicted molar refractivity (Wildman–Crippen MR) is 96.5 cm³/mol. The maximum Gasteiger partial charge on any atom is 0.410 e. The van der Waals surface area contributed by atoms with Gasteiger partial charge in [-0.1, -0.05) is 12.1 Å². The van der Waals surface area contributed by atoms with Crippen molar-refractivity contribution in [2.45, 2.75) is 32.8 Å². The molecule has 0 saturated carbocycles. The third-order valence-electron chi connectivity index (χ3n) is 4.05. The van der Waals surface area contributed by atoms with Crippen LogP contribution in [0.5, 0.6) is 0 Å². The lowest BCUT2D eigenvalue weighted by Gasteiger charge is -2.29. The second kappa shape index (κ2) is 7.18. The molecule has 0 spiro atoms. The van der Waals surface area contributed by atoms with Gasteiger partial charge < -0.3 is 14.7 Å². The number of carbonyl (C=O) groups excluding carboxylic acids is 1. The van der Waals surface area contributed by atoms with Crippen LogP contribution in [0.3, 0.4) is 0 Å². The van der Waals surface area contributed by atoms with E-state index in [4.69, 9.17) is 4.74 Å². The Kier molecular flexibility index (Phi) is 4.93. The first-order valence-corrected chi connectivity index (χ1v) is 8.52. The van der Waals surface area contributed by atoms with Gasteiger partial charge in [-0.3, -0.25) is 0 Å². The number of ether oxygens (including phenoxy) is 1. The van der Waals surface area contributed by atoms with Crippen molar-refractivity contribution in [3.63, 3.8) is 0 Å². The van der Waals surface area contributed by atoms with E-state index < -0.39 is 11.6 Å². The van der Waals surface area contributed by atoms with Crippen LogP contribution >= 0.6 is 0 Å². The third kappa shape index (κ3) is 4.30. The van der Waals surface area contributed by atoms with E-state index in [1.807, 2.05) is 32.9 Å². The van der Waals surface area contributed by atoms with E-state index in [0.717, 1.165) is 11.1 Å². The zero-order valence-electron chi connectivity index (χ0n) is 15.4. The highest BCUT2D eigenvalue weighted by molar-refractivity contribution is 5.93. The molecule has 0 saturated heterocycles. The Morgan fingerprint density at radius 2 is 2.04 bits per heavy atom. The van der Waals surface area contributed by atoms with Crippen molar-refractivity contribution in [3.8, 4) is 5.69 Å². The number of benzene rings is 1. The number of aromatic carboxylic acids is 1. The summed E-state index contributed by atoms with van der Waals surface area (Å²) in [6.07, 6.45) is 3.53. The van der Waals surface area contributed by atoms with Crippen LogP contribution in [0.2, 0.25) is 0 Å². The van der Waals surface area contributed by atoms with Crippen LogP contribution in [0.15, 0.2) is 30.6 Å². The van der Waals surface area contributed by atoms with Crippen LogP contribution in [0.1, 0.15) is 43.1 Å². The second-order valence-electron chi connectivity index (χ2n) is 7.20. The van der Waals surface area contributed by atoms with Gasteiger partial charge in [0.05, 0.1) is 11.3 Å². The molecule has 0 fully saturated rings. The van der Waals surface area contributed by atoms with Crippen molar-refractivity contribution < 1.29 is 19.4 Å². The Morgan fingerprint density at radius 1 is 1.26 bits per heavy atom. The standard InChI is InChI=1S/C18H21N5O4/c1-18(2,3)27-17(26)22-8-6-12(7-9-22)13-4-5-15(14(10-13)16(24)25)23-11-19-20-21-23/h4-6,10-11H,7-9H2,1-3H3,(H,24,25). The zero-order valence-corrected chi connectivity index (χ0v) is 15.4. The minimum atomic E-state index is -1.06. The molecule has 27 heavy (non-hydrogen) atoms. The molecule has 0 bridgehead atoms. The SMILES string of the molecule is CC(C)(C)OC(=O)N1CC=C(c2ccc(-n3cnnn3)c(C(=O)O)c2)CC1. The minimum absolute atomic E-state index is 0.107. The number of rotatable bonds is 3. The van der Waals surface area contributed by atoms with Gasteiger partial charge in [-0.05, 0) is 60.9 Å². The molecule has 2 aromatic rings. The van der Waals surface area contributed by atoms with Gasteiger partial charge in [0.15, 0.2) is 0 Å². The Morgan fingerprint density at radius 3 is 2.59 bits per heavy atom. The summed E-state index contributed by atoms with van der Waals surface area (Å²) >= 11 is 0. The van der Waals surface area contributed by atoms with Gasteiger partial charge in [-0.2, -0.15) is 4.68 Å². The lowest BCUT2D eigenvalue weighted by atomic mass is 9.97. The molecular weight excluding hydrogens is 350 g/mol. The first-order chi connectivity index (χ1) is 12.7. The molecule has 2 heterocycles. The molecule has 0 radical (unpaired) electrons. The van der Waals surface area contributed by atoms with Crippen molar-refractivity contribution in [3.05, 3.63) is 41.7 Å². The summed E-state index contributed by atoms with van der Waals surface area (Å²) in [7, 11) is 0. The first-order valence-electron chi connectivity index (χ1n) is 8.52. The molecule has 3 rings (SSSR count). The molecule has 0 aliphatic carbocycles. The van der Waals surface area contributed by atoms with Gasteiger partial charge in [0.2, 0.25) is 0 Å². The number of carboxylic acid groups (broad SMARTS) is 1. The highest BCUT2D eigenvalue weighted by atomic mass is 16.6. The fourth-order valence-corrected chi connectivity index (χ4v) is 2.80. The molecule has 1 aliphatic heterocycles. The van der Waals surface area contributed by atoms with E-state index in [1.165, 1.54) is 11.0 Å². The van der Waals surface area contributed by atoms with Crippen LogP contribution in [0, 0.1) is 0 Å². The summed E-state index contributed by atoms with van der Waals surface area (Å²) in [5, 5.41) is 20.4. The molecule has 9 heteroatoms. The fraction of sp³-hybridized carbons (Fsp3) is 0.389. The summed E-state index contributed by atoms with van der Waals surface area (Å²) in [5.41, 5.74) is 1.75. The summed E-state index contributed by atoms with van der Waals surface area (Å²) in [6.45, 7) is 6.42. The molecule has 142 valence electrons. The zero-order chi connectivity index (χ0) is 19.6. The van der Waals surface area contributed by atoms with Gasteiger partial charge in [-0.25, -0.2) is 9.59 Å².